The van der Waals surface area contributed by atoms with Crippen molar-refractivity contribution in [2.45, 2.75) is 75.4 Å². The molecule has 6 rings (SSSR count). The fourth-order valence-electron chi connectivity index (χ4n) is 7.20. The minimum absolute atomic E-state index is 0.254. The zero-order chi connectivity index (χ0) is 22.4. The molecule has 1 N–H and O–H groups in total. The van der Waals surface area contributed by atoms with E-state index in [0.29, 0.717) is 18.1 Å². The van der Waals surface area contributed by atoms with Crippen LogP contribution in [0.25, 0.3) is 11.0 Å². The van der Waals surface area contributed by atoms with Gasteiger partial charge in [-0.1, -0.05) is 35.9 Å². The van der Waals surface area contributed by atoms with Crippen molar-refractivity contribution < 1.29 is 0 Å². The summed E-state index contributed by atoms with van der Waals surface area (Å²) in [6.07, 6.45) is 8.85. The third-order valence-corrected chi connectivity index (χ3v) is 9.08. The Morgan fingerprint density at radius 3 is 2.52 bits per heavy atom. The number of hydrogen-bond acceptors (Lipinski definition) is 3. The predicted octanol–water partition coefficient (Wildman–Crippen LogP) is 5.88. The van der Waals surface area contributed by atoms with Crippen molar-refractivity contribution >= 4 is 22.6 Å². The lowest BCUT2D eigenvalue weighted by molar-refractivity contribution is 0.0929. The smallest absolute Gasteiger partial charge is 0.106 e. The van der Waals surface area contributed by atoms with Gasteiger partial charge in [-0.25, -0.2) is 4.98 Å². The van der Waals surface area contributed by atoms with E-state index < -0.39 is 0 Å². The van der Waals surface area contributed by atoms with E-state index in [-0.39, 0.29) is 5.41 Å². The van der Waals surface area contributed by atoms with Crippen molar-refractivity contribution in [3.63, 3.8) is 0 Å². The second-order valence-corrected chi connectivity index (χ2v) is 11.0. The first-order valence-corrected chi connectivity index (χ1v) is 13.2. The maximum atomic E-state index is 6.42. The van der Waals surface area contributed by atoms with E-state index in [4.69, 9.17) is 16.6 Å². The molecule has 3 aliphatic heterocycles. The lowest BCUT2D eigenvalue weighted by Crippen LogP contribution is -2.47. The number of rotatable bonds is 5. The van der Waals surface area contributed by atoms with Gasteiger partial charge in [0.2, 0.25) is 0 Å². The largest absolute Gasteiger partial charge is 0.325 e. The highest BCUT2D eigenvalue weighted by molar-refractivity contribution is 6.30. The number of piperidine rings is 2. The standard InChI is InChI=1S/C28H35ClN4/c1-20-31-26-7-2-3-8-27(26)33(20)25-18-23-9-10-24(19-25)32(23)16-13-28(11-14-30-15-12-28)21-5-4-6-22(29)17-21/h2-8,17,23-25,30H,9-16,18-19H2,1H3/t23-,24+,25+. The fraction of sp³-hybridized carbons (Fsp3) is 0.536. The molecule has 2 bridgehead atoms. The number of halogens is 1. The molecule has 0 aliphatic carbocycles. The summed E-state index contributed by atoms with van der Waals surface area (Å²) in [5, 5.41) is 4.45. The van der Waals surface area contributed by atoms with E-state index in [1.807, 2.05) is 6.07 Å². The summed E-state index contributed by atoms with van der Waals surface area (Å²) in [7, 11) is 0. The summed E-state index contributed by atoms with van der Waals surface area (Å²) in [5.41, 5.74) is 4.14. The number of nitrogens with zero attached hydrogens (tertiary/aromatic N) is 3. The van der Waals surface area contributed by atoms with E-state index in [0.717, 1.165) is 23.6 Å². The molecule has 174 valence electrons. The van der Waals surface area contributed by atoms with Gasteiger partial charge in [0.05, 0.1) is 11.0 Å². The van der Waals surface area contributed by atoms with Gasteiger partial charge in [0.15, 0.2) is 0 Å². The number of nitrogens with one attached hydrogen (secondary N) is 1. The van der Waals surface area contributed by atoms with Crippen LogP contribution in [-0.4, -0.2) is 46.2 Å². The van der Waals surface area contributed by atoms with Gasteiger partial charge in [0.1, 0.15) is 5.82 Å². The van der Waals surface area contributed by atoms with Gasteiger partial charge in [-0.2, -0.15) is 0 Å². The van der Waals surface area contributed by atoms with E-state index in [9.17, 15) is 0 Å². The Bertz CT molecular complexity index is 1120. The average Bonchev–Trinajstić information content (AvgIpc) is 3.29. The maximum absolute atomic E-state index is 6.42. The molecule has 33 heavy (non-hydrogen) atoms. The molecule has 4 nitrogen and oxygen atoms in total. The topological polar surface area (TPSA) is 33.1 Å². The van der Waals surface area contributed by atoms with Crippen LogP contribution < -0.4 is 5.32 Å². The summed E-state index contributed by atoms with van der Waals surface area (Å²) in [6, 6.07) is 19.3. The summed E-state index contributed by atoms with van der Waals surface area (Å²) in [5.74, 6) is 1.17. The molecule has 0 radical (unpaired) electrons. The van der Waals surface area contributed by atoms with E-state index in [2.05, 4.69) is 64.2 Å². The quantitative estimate of drug-likeness (QED) is 0.514. The van der Waals surface area contributed by atoms with Crippen molar-refractivity contribution in [3.05, 3.63) is 64.9 Å². The van der Waals surface area contributed by atoms with Crippen molar-refractivity contribution in [1.82, 2.24) is 19.8 Å². The molecular weight excluding hydrogens is 428 g/mol. The lowest BCUT2D eigenvalue weighted by Gasteiger charge is -2.44. The molecule has 0 amide bonds. The van der Waals surface area contributed by atoms with Crippen LogP contribution in [0.15, 0.2) is 48.5 Å². The van der Waals surface area contributed by atoms with Crippen LogP contribution in [0.1, 0.15) is 62.4 Å². The molecule has 3 aliphatic rings. The number of aromatic nitrogens is 2. The Kier molecular flexibility index (Phi) is 5.72. The van der Waals surface area contributed by atoms with Gasteiger partial charge in [-0.15, -0.1) is 0 Å². The lowest BCUT2D eigenvalue weighted by atomic mass is 9.70. The molecule has 3 fully saturated rings. The molecule has 2 aromatic carbocycles. The Hall–Kier alpha value is -1.88. The molecular formula is C28H35ClN4. The summed E-state index contributed by atoms with van der Waals surface area (Å²) < 4.78 is 2.54. The van der Waals surface area contributed by atoms with Crippen LogP contribution in [0.3, 0.4) is 0 Å². The third-order valence-electron chi connectivity index (χ3n) is 8.84. The fourth-order valence-corrected chi connectivity index (χ4v) is 7.39. The van der Waals surface area contributed by atoms with Gasteiger partial charge in [0.25, 0.3) is 0 Å². The van der Waals surface area contributed by atoms with Gasteiger partial charge < -0.3 is 9.88 Å². The van der Waals surface area contributed by atoms with Gasteiger partial charge in [-0.3, -0.25) is 4.90 Å². The SMILES string of the molecule is Cc1nc2ccccc2n1[C@H]1C[C@H]2CC[C@@H](C1)N2CCC1(c2cccc(Cl)c2)CCNCC1. The number of para-hydroxylation sites is 2. The van der Waals surface area contributed by atoms with Crippen LogP contribution >= 0.6 is 11.6 Å². The molecule has 3 atom stereocenters. The molecule has 1 aromatic heterocycles. The molecule has 4 heterocycles. The number of aryl methyl sites for hydroxylation is 1. The van der Waals surface area contributed by atoms with Gasteiger partial charge in [0, 0.05) is 23.1 Å². The van der Waals surface area contributed by atoms with Crippen LogP contribution in [0.2, 0.25) is 5.02 Å². The van der Waals surface area contributed by atoms with Gasteiger partial charge >= 0.3 is 0 Å². The zero-order valence-electron chi connectivity index (χ0n) is 19.6. The molecule has 0 spiro atoms. The average molecular weight is 463 g/mol. The molecule has 5 heteroatoms. The highest BCUT2D eigenvalue weighted by Crippen LogP contribution is 2.44. The minimum atomic E-state index is 0.254. The number of fused-ring (bicyclic) bond motifs is 3. The van der Waals surface area contributed by atoms with Crippen LogP contribution in [0, 0.1) is 6.92 Å². The maximum Gasteiger partial charge on any atom is 0.106 e. The summed E-state index contributed by atoms with van der Waals surface area (Å²) >= 11 is 6.42. The number of imidazole rings is 1. The van der Waals surface area contributed by atoms with Crippen molar-refractivity contribution in [2.75, 3.05) is 19.6 Å². The Balaban J connectivity index is 1.21. The van der Waals surface area contributed by atoms with Crippen molar-refractivity contribution in [1.29, 1.82) is 0 Å². The number of benzene rings is 2. The Labute approximate surface area is 202 Å². The molecule has 0 saturated carbocycles. The predicted molar refractivity (Wildman–Crippen MR) is 136 cm³/mol. The first-order valence-electron chi connectivity index (χ1n) is 12.8. The normalized spacial score (nSPS) is 27.3. The highest BCUT2D eigenvalue weighted by Gasteiger charge is 2.43. The first kappa shape index (κ1) is 21.6. The first-order chi connectivity index (χ1) is 16.1. The monoisotopic (exact) mass is 462 g/mol. The molecule has 3 aromatic rings. The second kappa shape index (κ2) is 8.72. The van der Waals surface area contributed by atoms with Crippen molar-refractivity contribution in [2.24, 2.45) is 0 Å². The van der Waals surface area contributed by atoms with Crippen LogP contribution in [-0.2, 0) is 5.41 Å². The summed E-state index contributed by atoms with van der Waals surface area (Å²) in [4.78, 5) is 7.73. The summed E-state index contributed by atoms with van der Waals surface area (Å²) in [6.45, 7) is 5.60. The second-order valence-electron chi connectivity index (χ2n) is 10.6. The third kappa shape index (κ3) is 3.90. The zero-order valence-corrected chi connectivity index (χ0v) is 20.4. The van der Waals surface area contributed by atoms with E-state index in [1.54, 1.807) is 0 Å². The van der Waals surface area contributed by atoms with E-state index >= 15 is 0 Å². The van der Waals surface area contributed by atoms with E-state index in [1.165, 1.54) is 68.4 Å². The number of hydrogen-bond donors (Lipinski definition) is 1. The molecule has 3 saturated heterocycles. The minimum Gasteiger partial charge on any atom is -0.325 e. The van der Waals surface area contributed by atoms with Gasteiger partial charge in [-0.05, 0) is 107 Å². The van der Waals surface area contributed by atoms with Crippen LogP contribution in [0.4, 0.5) is 0 Å². The van der Waals surface area contributed by atoms with Crippen LogP contribution in [0.5, 0.6) is 0 Å². The Morgan fingerprint density at radius 1 is 1.00 bits per heavy atom. The Morgan fingerprint density at radius 2 is 1.76 bits per heavy atom. The highest BCUT2D eigenvalue weighted by atomic mass is 35.5. The molecule has 0 unspecified atom stereocenters. The van der Waals surface area contributed by atoms with Crippen molar-refractivity contribution in [3.8, 4) is 0 Å².